The summed E-state index contributed by atoms with van der Waals surface area (Å²) in [5, 5.41) is -0.301. The van der Waals surface area contributed by atoms with Gasteiger partial charge in [0.1, 0.15) is 5.69 Å². The highest BCUT2D eigenvalue weighted by molar-refractivity contribution is 6.24. The average Bonchev–Trinajstić information content (AvgIpc) is 2.57. The van der Waals surface area contributed by atoms with Gasteiger partial charge < -0.3 is 4.90 Å². The van der Waals surface area contributed by atoms with E-state index in [-0.39, 0.29) is 17.7 Å². The highest BCUT2D eigenvalue weighted by Crippen LogP contribution is 2.29. The molecule has 0 bridgehead atoms. The third kappa shape index (κ3) is 2.52. The van der Waals surface area contributed by atoms with E-state index in [1.807, 2.05) is 0 Å². The van der Waals surface area contributed by atoms with Crippen LogP contribution >= 0.6 is 11.6 Å². The van der Waals surface area contributed by atoms with Gasteiger partial charge in [-0.25, -0.2) is 4.98 Å². The molecule has 0 spiro atoms. The zero-order valence-corrected chi connectivity index (χ0v) is 9.29. The van der Waals surface area contributed by atoms with E-state index in [4.69, 9.17) is 11.6 Å². The molecule has 1 aliphatic rings. The van der Waals surface area contributed by atoms with E-state index in [0.717, 1.165) is 12.3 Å². The van der Waals surface area contributed by atoms with Gasteiger partial charge in [-0.3, -0.25) is 4.79 Å². The Bertz CT molecular complexity index is 432. The van der Waals surface area contributed by atoms with Gasteiger partial charge in [0.2, 0.25) is 5.91 Å². The first-order valence-corrected chi connectivity index (χ1v) is 5.29. The van der Waals surface area contributed by atoms with E-state index in [1.54, 1.807) is 0 Å². The van der Waals surface area contributed by atoms with Crippen LogP contribution in [0.3, 0.4) is 0 Å². The Kier molecular flexibility index (Phi) is 2.99. The zero-order chi connectivity index (χ0) is 12.6. The Balaban J connectivity index is 2.22. The van der Waals surface area contributed by atoms with Crippen molar-refractivity contribution in [2.45, 2.75) is 18.0 Å². The van der Waals surface area contributed by atoms with E-state index in [1.165, 1.54) is 11.0 Å². The van der Waals surface area contributed by atoms with Crippen LogP contribution in [0.25, 0.3) is 0 Å². The molecule has 1 amide bonds. The molecule has 0 saturated carbocycles. The smallest absolute Gasteiger partial charge is 0.309 e. The van der Waals surface area contributed by atoms with Crippen molar-refractivity contribution in [3.8, 4) is 0 Å². The van der Waals surface area contributed by atoms with Crippen molar-refractivity contribution in [1.82, 2.24) is 4.98 Å². The molecule has 92 valence electrons. The number of amides is 1. The molecule has 1 atom stereocenters. The first-order chi connectivity index (χ1) is 7.88. The molecule has 1 saturated heterocycles. The third-order valence-electron chi connectivity index (χ3n) is 2.43. The quantitative estimate of drug-likeness (QED) is 0.730. The Morgan fingerprint density at radius 3 is 2.53 bits per heavy atom. The number of carbonyl (C=O) groups is 1. The summed E-state index contributed by atoms with van der Waals surface area (Å²) >= 11 is 5.79. The fourth-order valence-electron chi connectivity index (χ4n) is 1.63. The first kappa shape index (κ1) is 12.2. The largest absolute Gasteiger partial charge is 0.433 e. The molecule has 7 heteroatoms. The molecule has 3 nitrogen and oxygen atoms in total. The summed E-state index contributed by atoms with van der Waals surface area (Å²) in [5.74, 6) is -0.202. The lowest BCUT2D eigenvalue weighted by atomic mass is 10.3. The number of pyridine rings is 1. The maximum absolute atomic E-state index is 12.3. The number of hydrogen-bond donors (Lipinski definition) is 0. The summed E-state index contributed by atoms with van der Waals surface area (Å²) < 4.78 is 36.8. The molecule has 17 heavy (non-hydrogen) atoms. The molecular weight excluding hydrogens is 257 g/mol. The summed E-state index contributed by atoms with van der Waals surface area (Å²) in [6.07, 6.45) is -3.24. The predicted molar refractivity (Wildman–Crippen MR) is 55.9 cm³/mol. The maximum Gasteiger partial charge on any atom is 0.433 e. The first-order valence-electron chi connectivity index (χ1n) is 4.85. The fraction of sp³-hybridized carbons (Fsp3) is 0.400. The van der Waals surface area contributed by atoms with Gasteiger partial charge in [-0.2, -0.15) is 13.2 Å². The van der Waals surface area contributed by atoms with Crippen molar-refractivity contribution in [2.24, 2.45) is 0 Å². The van der Waals surface area contributed by atoms with Crippen molar-refractivity contribution in [3.63, 3.8) is 0 Å². The van der Waals surface area contributed by atoms with E-state index < -0.39 is 11.9 Å². The van der Waals surface area contributed by atoms with Crippen LogP contribution in [0, 0.1) is 0 Å². The SMILES string of the molecule is O=C1CC(Cl)CN1c1ccc(C(F)(F)F)nc1. The maximum atomic E-state index is 12.3. The molecular formula is C10H8ClF3N2O. The summed E-state index contributed by atoms with van der Waals surface area (Å²) in [5.41, 5.74) is -0.638. The number of hydrogen-bond acceptors (Lipinski definition) is 2. The van der Waals surface area contributed by atoms with Gasteiger partial charge in [-0.05, 0) is 12.1 Å². The predicted octanol–water partition coefficient (Wildman–Crippen LogP) is 2.44. The molecule has 0 aromatic carbocycles. The van der Waals surface area contributed by atoms with Gasteiger partial charge in [-0.1, -0.05) is 0 Å². The second-order valence-electron chi connectivity index (χ2n) is 3.71. The summed E-state index contributed by atoms with van der Waals surface area (Å²) in [7, 11) is 0. The lowest BCUT2D eigenvalue weighted by Crippen LogP contribution is -2.25. The van der Waals surface area contributed by atoms with Gasteiger partial charge in [-0.15, -0.1) is 11.6 Å². The Labute approximate surface area is 100 Å². The number of carbonyl (C=O) groups excluding carboxylic acids is 1. The fourth-order valence-corrected chi connectivity index (χ4v) is 1.90. The molecule has 2 rings (SSSR count). The standard InChI is InChI=1S/C10H8ClF3N2O/c11-6-3-9(17)16(5-6)7-1-2-8(15-4-7)10(12,13)14/h1-2,4,6H,3,5H2. The van der Waals surface area contributed by atoms with Crippen LogP contribution in [-0.2, 0) is 11.0 Å². The highest BCUT2D eigenvalue weighted by Gasteiger charge is 2.33. The molecule has 0 aliphatic carbocycles. The Morgan fingerprint density at radius 1 is 1.41 bits per heavy atom. The van der Waals surface area contributed by atoms with E-state index in [0.29, 0.717) is 12.2 Å². The number of anilines is 1. The van der Waals surface area contributed by atoms with E-state index >= 15 is 0 Å². The second-order valence-corrected chi connectivity index (χ2v) is 4.32. The lowest BCUT2D eigenvalue weighted by Gasteiger charge is -2.16. The average molecular weight is 265 g/mol. The van der Waals surface area contributed by atoms with Gasteiger partial charge in [0.15, 0.2) is 0 Å². The minimum absolute atomic E-state index is 0.197. The molecule has 0 radical (unpaired) electrons. The van der Waals surface area contributed by atoms with Gasteiger partial charge >= 0.3 is 6.18 Å². The Hall–Kier alpha value is -1.30. The van der Waals surface area contributed by atoms with Crippen LogP contribution in [0.1, 0.15) is 12.1 Å². The normalized spacial score (nSPS) is 21.1. The van der Waals surface area contributed by atoms with Gasteiger partial charge in [0.05, 0.1) is 17.3 Å². The van der Waals surface area contributed by atoms with Gasteiger partial charge in [0, 0.05) is 13.0 Å². The number of alkyl halides is 4. The highest BCUT2D eigenvalue weighted by atomic mass is 35.5. The zero-order valence-electron chi connectivity index (χ0n) is 8.54. The Morgan fingerprint density at radius 2 is 2.12 bits per heavy atom. The molecule has 1 aromatic rings. The van der Waals surface area contributed by atoms with Crippen LogP contribution in [0.15, 0.2) is 18.3 Å². The van der Waals surface area contributed by atoms with Crippen LogP contribution < -0.4 is 4.90 Å². The van der Waals surface area contributed by atoms with Crippen LogP contribution in [-0.4, -0.2) is 22.8 Å². The van der Waals surface area contributed by atoms with Crippen LogP contribution in [0.4, 0.5) is 18.9 Å². The number of rotatable bonds is 1. The van der Waals surface area contributed by atoms with Crippen LogP contribution in [0.5, 0.6) is 0 Å². The van der Waals surface area contributed by atoms with Gasteiger partial charge in [0.25, 0.3) is 0 Å². The van der Waals surface area contributed by atoms with Crippen LogP contribution in [0.2, 0.25) is 0 Å². The lowest BCUT2D eigenvalue weighted by molar-refractivity contribution is -0.141. The van der Waals surface area contributed by atoms with Crippen molar-refractivity contribution in [3.05, 3.63) is 24.0 Å². The van der Waals surface area contributed by atoms with Crippen molar-refractivity contribution < 1.29 is 18.0 Å². The molecule has 1 unspecified atom stereocenters. The minimum Gasteiger partial charge on any atom is -0.309 e. The molecule has 1 aliphatic heterocycles. The molecule has 0 N–H and O–H groups in total. The molecule has 2 heterocycles. The van der Waals surface area contributed by atoms with E-state index in [2.05, 4.69) is 4.98 Å². The number of halogens is 4. The summed E-state index contributed by atoms with van der Waals surface area (Å²) in [6, 6.07) is 2.08. The van der Waals surface area contributed by atoms with E-state index in [9.17, 15) is 18.0 Å². The number of nitrogens with zero attached hydrogens (tertiary/aromatic N) is 2. The topological polar surface area (TPSA) is 33.2 Å². The third-order valence-corrected chi connectivity index (χ3v) is 2.72. The monoisotopic (exact) mass is 264 g/mol. The second kappa shape index (κ2) is 4.18. The van der Waals surface area contributed by atoms with Crippen molar-refractivity contribution in [1.29, 1.82) is 0 Å². The molecule has 1 fully saturated rings. The minimum atomic E-state index is -4.47. The summed E-state index contributed by atoms with van der Waals surface area (Å²) in [4.78, 5) is 16.1. The summed E-state index contributed by atoms with van der Waals surface area (Å²) in [6.45, 7) is 0.299. The molecule has 1 aromatic heterocycles. The van der Waals surface area contributed by atoms with Crippen molar-refractivity contribution >= 4 is 23.2 Å². The van der Waals surface area contributed by atoms with Crippen molar-refractivity contribution in [2.75, 3.05) is 11.4 Å². The number of aromatic nitrogens is 1.